The summed E-state index contributed by atoms with van der Waals surface area (Å²) in [4.78, 5) is 11.0. The Hall–Kier alpha value is -0.690. The summed E-state index contributed by atoms with van der Waals surface area (Å²) in [5, 5.41) is 3.10. The first-order valence-corrected chi connectivity index (χ1v) is 6.32. The maximum absolute atomic E-state index is 11.0. The van der Waals surface area contributed by atoms with Crippen LogP contribution in [0.1, 0.15) is 13.3 Å². The Morgan fingerprint density at radius 2 is 1.67 bits per heavy atom. The summed E-state index contributed by atoms with van der Waals surface area (Å²) in [6.07, 6.45) is 0.397. The summed E-state index contributed by atoms with van der Waals surface area (Å²) in [7, 11) is 1.64. The van der Waals surface area contributed by atoms with E-state index in [-0.39, 0.29) is 5.97 Å². The van der Waals surface area contributed by atoms with Gasteiger partial charge in [-0.05, 0) is 6.92 Å². The molecule has 0 amide bonds. The van der Waals surface area contributed by atoms with Crippen molar-refractivity contribution in [3.63, 3.8) is 0 Å². The van der Waals surface area contributed by atoms with Crippen molar-refractivity contribution in [3.8, 4) is 0 Å². The van der Waals surface area contributed by atoms with E-state index in [1.54, 1.807) is 14.0 Å². The molecule has 1 N–H and O–H groups in total. The second-order valence-electron chi connectivity index (χ2n) is 3.52. The Morgan fingerprint density at radius 3 is 2.33 bits per heavy atom. The van der Waals surface area contributed by atoms with Gasteiger partial charge >= 0.3 is 5.97 Å². The second kappa shape index (κ2) is 14.4. The molecule has 0 spiro atoms. The molecule has 6 nitrogen and oxygen atoms in total. The van der Waals surface area contributed by atoms with Crippen molar-refractivity contribution < 1.29 is 23.7 Å². The van der Waals surface area contributed by atoms with Gasteiger partial charge in [-0.15, -0.1) is 0 Å². The highest BCUT2D eigenvalue weighted by Crippen LogP contribution is 1.84. The van der Waals surface area contributed by atoms with Gasteiger partial charge in [0.25, 0.3) is 0 Å². The van der Waals surface area contributed by atoms with Crippen molar-refractivity contribution in [1.82, 2.24) is 5.32 Å². The van der Waals surface area contributed by atoms with Crippen molar-refractivity contribution in [2.24, 2.45) is 0 Å². The average Bonchev–Trinajstić information content (AvgIpc) is 2.36. The lowest BCUT2D eigenvalue weighted by molar-refractivity contribution is -0.142. The summed E-state index contributed by atoms with van der Waals surface area (Å²) in [5.41, 5.74) is 0. The number of hydrogen-bond acceptors (Lipinski definition) is 6. The molecule has 0 aliphatic heterocycles. The zero-order valence-electron chi connectivity index (χ0n) is 11.4. The number of carbonyl (C=O) groups is 1. The molecular weight excluding hydrogens is 238 g/mol. The van der Waals surface area contributed by atoms with Crippen molar-refractivity contribution in [1.29, 1.82) is 0 Å². The Bertz CT molecular complexity index is 189. The average molecular weight is 263 g/mol. The lowest BCUT2D eigenvalue weighted by Gasteiger charge is -2.06. The molecule has 0 heterocycles. The van der Waals surface area contributed by atoms with E-state index >= 15 is 0 Å². The maximum Gasteiger partial charge on any atom is 0.307 e. The molecule has 0 rings (SSSR count). The van der Waals surface area contributed by atoms with Crippen molar-refractivity contribution in [2.75, 3.05) is 59.8 Å². The molecule has 108 valence electrons. The van der Waals surface area contributed by atoms with Gasteiger partial charge in [-0.1, -0.05) is 0 Å². The van der Waals surface area contributed by atoms with Crippen LogP contribution < -0.4 is 5.32 Å². The highest BCUT2D eigenvalue weighted by atomic mass is 16.5. The molecule has 0 unspecified atom stereocenters. The molecule has 0 aromatic carbocycles. The summed E-state index contributed by atoms with van der Waals surface area (Å²) in [5.74, 6) is -0.169. The second-order valence-corrected chi connectivity index (χ2v) is 3.52. The Kier molecular flexibility index (Phi) is 13.8. The van der Waals surface area contributed by atoms with Crippen LogP contribution >= 0.6 is 0 Å². The van der Waals surface area contributed by atoms with Crippen LogP contribution in [0.25, 0.3) is 0 Å². The molecular formula is C12H25NO5. The Labute approximate surface area is 109 Å². The first-order chi connectivity index (χ1) is 8.81. The fourth-order valence-electron chi connectivity index (χ4n) is 1.16. The largest absolute Gasteiger partial charge is 0.466 e. The number of nitrogens with one attached hydrogen (secondary N) is 1. The van der Waals surface area contributed by atoms with E-state index in [1.165, 1.54) is 0 Å². The van der Waals surface area contributed by atoms with E-state index in [4.69, 9.17) is 18.9 Å². The molecule has 6 heteroatoms. The van der Waals surface area contributed by atoms with Gasteiger partial charge in [0.15, 0.2) is 0 Å². The maximum atomic E-state index is 11.0. The van der Waals surface area contributed by atoms with Gasteiger partial charge in [0.1, 0.15) is 0 Å². The van der Waals surface area contributed by atoms with E-state index in [0.717, 1.165) is 6.54 Å². The predicted molar refractivity (Wildman–Crippen MR) is 67.6 cm³/mol. The molecule has 0 fully saturated rings. The van der Waals surface area contributed by atoms with E-state index in [1.807, 2.05) is 0 Å². The van der Waals surface area contributed by atoms with Gasteiger partial charge in [-0.2, -0.15) is 0 Å². The third-order valence-electron chi connectivity index (χ3n) is 2.04. The molecule has 0 saturated carbocycles. The van der Waals surface area contributed by atoms with Crippen LogP contribution in [0.2, 0.25) is 0 Å². The summed E-state index contributed by atoms with van der Waals surface area (Å²) >= 11 is 0. The quantitative estimate of drug-likeness (QED) is 0.378. The summed E-state index contributed by atoms with van der Waals surface area (Å²) in [6.45, 7) is 6.53. The van der Waals surface area contributed by atoms with Crippen LogP contribution in [0.15, 0.2) is 0 Å². The molecule has 0 aromatic heterocycles. The molecule has 0 atom stereocenters. The Morgan fingerprint density at radius 1 is 1.00 bits per heavy atom. The van der Waals surface area contributed by atoms with Gasteiger partial charge in [0.2, 0.25) is 0 Å². The summed E-state index contributed by atoms with van der Waals surface area (Å²) in [6, 6.07) is 0. The Balaban J connectivity index is 3.01. The van der Waals surface area contributed by atoms with Gasteiger partial charge in [0, 0.05) is 20.2 Å². The SMILES string of the molecule is CCOC(=O)CCNCCOCCOCCOC. The van der Waals surface area contributed by atoms with Crippen molar-refractivity contribution in [2.45, 2.75) is 13.3 Å². The van der Waals surface area contributed by atoms with Crippen LogP contribution in [-0.4, -0.2) is 65.8 Å². The minimum atomic E-state index is -0.169. The van der Waals surface area contributed by atoms with Crippen LogP contribution in [0.5, 0.6) is 0 Å². The fraction of sp³-hybridized carbons (Fsp3) is 0.917. The first-order valence-electron chi connectivity index (χ1n) is 6.32. The minimum Gasteiger partial charge on any atom is -0.466 e. The predicted octanol–water partition coefficient (Wildman–Crippen LogP) is 0.209. The number of ether oxygens (including phenoxy) is 4. The molecule has 0 aromatic rings. The van der Waals surface area contributed by atoms with E-state index in [9.17, 15) is 4.79 Å². The molecule has 18 heavy (non-hydrogen) atoms. The normalized spacial score (nSPS) is 10.6. The van der Waals surface area contributed by atoms with Crippen LogP contribution in [-0.2, 0) is 23.7 Å². The lowest BCUT2D eigenvalue weighted by atomic mass is 10.4. The van der Waals surface area contributed by atoms with E-state index < -0.39 is 0 Å². The first kappa shape index (κ1) is 17.3. The minimum absolute atomic E-state index is 0.169. The third-order valence-corrected chi connectivity index (χ3v) is 2.04. The van der Waals surface area contributed by atoms with Crippen molar-refractivity contribution >= 4 is 5.97 Å². The monoisotopic (exact) mass is 263 g/mol. The molecule has 0 saturated heterocycles. The number of esters is 1. The van der Waals surface area contributed by atoms with Crippen LogP contribution in [0.4, 0.5) is 0 Å². The zero-order chi connectivity index (χ0) is 13.5. The van der Waals surface area contributed by atoms with E-state index in [0.29, 0.717) is 52.6 Å². The van der Waals surface area contributed by atoms with Crippen molar-refractivity contribution in [3.05, 3.63) is 0 Å². The molecule has 0 bridgehead atoms. The van der Waals surface area contributed by atoms with Crippen LogP contribution in [0.3, 0.4) is 0 Å². The molecule has 0 aliphatic carbocycles. The summed E-state index contributed by atoms with van der Waals surface area (Å²) < 4.78 is 20.2. The van der Waals surface area contributed by atoms with Crippen LogP contribution in [0, 0.1) is 0 Å². The fourth-order valence-corrected chi connectivity index (χ4v) is 1.16. The standard InChI is InChI=1S/C12H25NO5/c1-3-18-12(14)4-5-13-6-7-16-10-11-17-9-8-15-2/h13H,3-11H2,1-2H3. The van der Waals surface area contributed by atoms with Gasteiger partial charge in [-0.25, -0.2) is 0 Å². The van der Waals surface area contributed by atoms with E-state index in [2.05, 4.69) is 5.32 Å². The number of rotatable bonds is 13. The molecule has 0 radical (unpaired) electrons. The number of hydrogen-bond donors (Lipinski definition) is 1. The zero-order valence-corrected chi connectivity index (χ0v) is 11.4. The highest BCUT2D eigenvalue weighted by molar-refractivity contribution is 5.69. The van der Waals surface area contributed by atoms with Gasteiger partial charge in [-0.3, -0.25) is 4.79 Å². The smallest absolute Gasteiger partial charge is 0.307 e. The molecule has 0 aliphatic rings. The number of carbonyl (C=O) groups excluding carboxylic acids is 1. The lowest BCUT2D eigenvalue weighted by Crippen LogP contribution is -2.24. The highest BCUT2D eigenvalue weighted by Gasteiger charge is 1.99. The van der Waals surface area contributed by atoms with Gasteiger partial charge < -0.3 is 24.3 Å². The third kappa shape index (κ3) is 13.4. The number of methoxy groups -OCH3 is 1. The van der Waals surface area contributed by atoms with Gasteiger partial charge in [0.05, 0.1) is 46.1 Å². The topological polar surface area (TPSA) is 66.0 Å².